The highest BCUT2D eigenvalue weighted by molar-refractivity contribution is 5.57. The number of benzene rings is 1. The SMILES string of the molecule is NC1(c2cc(Cc3ccc(Nc4c(F)cccc4F)nc3)no2)C=CC=CN1. The average molecular weight is 381 g/mol. The van der Waals surface area contributed by atoms with Crippen LogP contribution in [0.3, 0.4) is 0 Å². The monoisotopic (exact) mass is 381 g/mol. The Labute approximate surface area is 159 Å². The number of halogens is 2. The lowest BCUT2D eigenvalue weighted by Gasteiger charge is -2.24. The lowest BCUT2D eigenvalue weighted by molar-refractivity contribution is 0.306. The molecule has 0 saturated heterocycles. The number of aromatic nitrogens is 2. The number of para-hydroxylation sites is 1. The third kappa shape index (κ3) is 3.63. The van der Waals surface area contributed by atoms with Crippen molar-refractivity contribution in [2.24, 2.45) is 5.73 Å². The van der Waals surface area contributed by atoms with Gasteiger partial charge in [0, 0.05) is 18.7 Å². The molecule has 1 unspecified atom stereocenters. The summed E-state index contributed by atoms with van der Waals surface area (Å²) in [6.07, 6.45) is 9.25. The molecule has 6 nitrogen and oxygen atoms in total. The van der Waals surface area contributed by atoms with Gasteiger partial charge in [-0.3, -0.25) is 5.73 Å². The zero-order chi connectivity index (χ0) is 19.6. The summed E-state index contributed by atoms with van der Waals surface area (Å²) < 4.78 is 32.8. The maximum absolute atomic E-state index is 13.7. The van der Waals surface area contributed by atoms with E-state index in [0.717, 1.165) is 5.56 Å². The van der Waals surface area contributed by atoms with Crippen molar-refractivity contribution in [3.05, 3.63) is 95.7 Å². The summed E-state index contributed by atoms with van der Waals surface area (Å²) in [5.74, 6) is -0.545. The van der Waals surface area contributed by atoms with Gasteiger partial charge in [0.15, 0.2) is 11.4 Å². The molecule has 142 valence electrons. The highest BCUT2D eigenvalue weighted by atomic mass is 19.1. The minimum atomic E-state index is -0.935. The molecule has 2 aromatic heterocycles. The first-order valence-electron chi connectivity index (χ1n) is 8.56. The van der Waals surface area contributed by atoms with Gasteiger partial charge in [0.05, 0.1) is 5.69 Å². The van der Waals surface area contributed by atoms with Crippen LogP contribution in [0.5, 0.6) is 0 Å². The molecule has 8 heteroatoms. The molecule has 0 radical (unpaired) electrons. The molecule has 0 bridgehead atoms. The van der Waals surface area contributed by atoms with E-state index in [-0.39, 0.29) is 5.69 Å². The van der Waals surface area contributed by atoms with Crippen molar-refractivity contribution in [1.29, 1.82) is 0 Å². The number of allylic oxidation sites excluding steroid dienone is 2. The number of rotatable bonds is 5. The third-order valence-electron chi connectivity index (χ3n) is 4.28. The van der Waals surface area contributed by atoms with Gasteiger partial charge in [-0.1, -0.05) is 23.4 Å². The predicted octanol–water partition coefficient (Wildman–Crippen LogP) is 3.47. The molecule has 0 spiro atoms. The molecule has 1 aliphatic heterocycles. The zero-order valence-corrected chi connectivity index (χ0v) is 14.7. The smallest absolute Gasteiger partial charge is 0.181 e. The second kappa shape index (κ2) is 7.24. The molecule has 3 heterocycles. The highest BCUT2D eigenvalue weighted by Gasteiger charge is 2.28. The molecule has 4 rings (SSSR count). The first-order chi connectivity index (χ1) is 13.5. The Morgan fingerprint density at radius 1 is 1.14 bits per heavy atom. The van der Waals surface area contributed by atoms with Crippen molar-refractivity contribution in [2.75, 3.05) is 5.32 Å². The Balaban J connectivity index is 1.45. The van der Waals surface area contributed by atoms with E-state index in [1.165, 1.54) is 18.2 Å². The van der Waals surface area contributed by atoms with E-state index in [0.29, 0.717) is 23.7 Å². The number of hydrogen-bond acceptors (Lipinski definition) is 6. The van der Waals surface area contributed by atoms with E-state index < -0.39 is 17.3 Å². The minimum absolute atomic E-state index is 0.237. The van der Waals surface area contributed by atoms with E-state index in [2.05, 4.69) is 20.8 Å². The van der Waals surface area contributed by atoms with Crippen LogP contribution >= 0.6 is 0 Å². The van der Waals surface area contributed by atoms with E-state index in [1.807, 2.05) is 12.2 Å². The molecular weight excluding hydrogens is 364 g/mol. The van der Waals surface area contributed by atoms with Crippen LogP contribution in [0.4, 0.5) is 20.3 Å². The average Bonchev–Trinajstić information content (AvgIpc) is 3.16. The molecule has 3 aromatic rings. The molecule has 1 atom stereocenters. The van der Waals surface area contributed by atoms with Crippen LogP contribution in [0, 0.1) is 11.6 Å². The predicted molar refractivity (Wildman–Crippen MR) is 100 cm³/mol. The molecule has 4 N–H and O–H groups in total. The number of nitrogens with zero attached hydrogens (tertiary/aromatic N) is 2. The topological polar surface area (TPSA) is 89.0 Å². The fourth-order valence-corrected chi connectivity index (χ4v) is 2.80. The van der Waals surface area contributed by atoms with E-state index in [4.69, 9.17) is 10.3 Å². The third-order valence-corrected chi connectivity index (χ3v) is 4.28. The standard InChI is InChI=1S/C20H17F2N5O/c21-15-4-3-5-16(22)19(15)26-18-7-6-13(12-24-18)10-14-11-17(28-27-14)20(23)8-1-2-9-25-20/h1-9,11-12,25H,10,23H2,(H,24,26). The Bertz CT molecular complexity index is 1020. The van der Waals surface area contributed by atoms with Crippen LogP contribution in [0.25, 0.3) is 0 Å². The number of pyridine rings is 1. The summed E-state index contributed by atoms with van der Waals surface area (Å²) in [5, 5.41) is 9.72. The summed E-state index contributed by atoms with van der Waals surface area (Å²) in [7, 11) is 0. The number of nitrogens with two attached hydrogens (primary N) is 1. The molecule has 0 saturated carbocycles. The maximum Gasteiger partial charge on any atom is 0.181 e. The molecule has 0 amide bonds. The van der Waals surface area contributed by atoms with Crippen LogP contribution < -0.4 is 16.4 Å². The summed E-state index contributed by atoms with van der Waals surface area (Å²) >= 11 is 0. The fraction of sp³-hybridized carbons (Fsp3) is 0.100. The van der Waals surface area contributed by atoms with Crippen molar-refractivity contribution < 1.29 is 13.3 Å². The Morgan fingerprint density at radius 3 is 2.64 bits per heavy atom. The molecule has 1 aliphatic rings. The minimum Gasteiger partial charge on any atom is -0.364 e. The largest absolute Gasteiger partial charge is 0.364 e. The van der Waals surface area contributed by atoms with Crippen LogP contribution in [0.2, 0.25) is 0 Å². The van der Waals surface area contributed by atoms with Crippen molar-refractivity contribution in [3.63, 3.8) is 0 Å². The van der Waals surface area contributed by atoms with E-state index in [9.17, 15) is 8.78 Å². The van der Waals surface area contributed by atoms with Gasteiger partial charge in [-0.15, -0.1) is 0 Å². The summed E-state index contributed by atoms with van der Waals surface area (Å²) in [6.45, 7) is 0. The van der Waals surface area contributed by atoms with Crippen LogP contribution in [0.15, 0.2) is 71.5 Å². The second-order valence-electron chi connectivity index (χ2n) is 6.36. The summed E-state index contributed by atoms with van der Waals surface area (Å²) in [4.78, 5) is 4.20. The Kier molecular flexibility index (Phi) is 4.62. The maximum atomic E-state index is 13.7. The van der Waals surface area contributed by atoms with Crippen molar-refractivity contribution >= 4 is 11.5 Å². The second-order valence-corrected chi connectivity index (χ2v) is 6.36. The van der Waals surface area contributed by atoms with Crippen molar-refractivity contribution in [1.82, 2.24) is 15.5 Å². The Hall–Kier alpha value is -3.52. The lowest BCUT2D eigenvalue weighted by atomic mass is 10.0. The number of nitrogens with one attached hydrogen (secondary N) is 2. The van der Waals surface area contributed by atoms with E-state index in [1.54, 1.807) is 36.7 Å². The summed E-state index contributed by atoms with van der Waals surface area (Å²) in [6, 6.07) is 8.87. The van der Waals surface area contributed by atoms with Gasteiger partial charge in [-0.05, 0) is 42.1 Å². The van der Waals surface area contributed by atoms with Crippen molar-refractivity contribution in [3.8, 4) is 0 Å². The van der Waals surface area contributed by atoms with Gasteiger partial charge in [0.25, 0.3) is 0 Å². The first-order valence-corrected chi connectivity index (χ1v) is 8.56. The van der Waals surface area contributed by atoms with Gasteiger partial charge in [-0.2, -0.15) is 0 Å². The molecular formula is C20H17F2N5O. The van der Waals surface area contributed by atoms with Gasteiger partial charge in [0.1, 0.15) is 23.1 Å². The van der Waals surface area contributed by atoms with Crippen LogP contribution in [-0.2, 0) is 12.1 Å². The summed E-state index contributed by atoms with van der Waals surface area (Å²) in [5.41, 5.74) is 6.61. The highest BCUT2D eigenvalue weighted by Crippen LogP contribution is 2.23. The number of dihydropyridines is 1. The van der Waals surface area contributed by atoms with Crippen LogP contribution in [-0.4, -0.2) is 10.1 Å². The normalized spacial score (nSPS) is 18.1. The van der Waals surface area contributed by atoms with Gasteiger partial charge < -0.3 is 15.2 Å². The molecule has 0 fully saturated rings. The first kappa shape index (κ1) is 17.9. The number of hydrogen-bond donors (Lipinski definition) is 3. The zero-order valence-electron chi connectivity index (χ0n) is 14.7. The number of anilines is 2. The fourth-order valence-electron chi connectivity index (χ4n) is 2.80. The lowest BCUT2D eigenvalue weighted by Crippen LogP contribution is -2.46. The van der Waals surface area contributed by atoms with Gasteiger partial charge in [0.2, 0.25) is 0 Å². The quantitative estimate of drug-likeness (QED) is 0.627. The molecule has 0 aliphatic carbocycles. The molecule has 1 aromatic carbocycles. The Morgan fingerprint density at radius 2 is 1.96 bits per heavy atom. The van der Waals surface area contributed by atoms with Crippen molar-refractivity contribution in [2.45, 2.75) is 12.1 Å². The molecule has 28 heavy (non-hydrogen) atoms. The van der Waals surface area contributed by atoms with Crippen LogP contribution in [0.1, 0.15) is 17.0 Å². The van der Waals surface area contributed by atoms with Gasteiger partial charge in [-0.25, -0.2) is 13.8 Å². The van der Waals surface area contributed by atoms with E-state index >= 15 is 0 Å². The van der Waals surface area contributed by atoms with Gasteiger partial charge >= 0.3 is 0 Å².